The van der Waals surface area contributed by atoms with Gasteiger partial charge in [-0.15, -0.1) is 0 Å². The van der Waals surface area contributed by atoms with Crippen molar-refractivity contribution in [3.05, 3.63) is 29.8 Å². The van der Waals surface area contributed by atoms with Crippen LogP contribution in [-0.4, -0.2) is 18.5 Å². The molecule has 80 valence electrons. The molecule has 2 rings (SSSR count). The summed E-state index contributed by atoms with van der Waals surface area (Å²) < 4.78 is 0. The summed E-state index contributed by atoms with van der Waals surface area (Å²) in [5.74, 6) is 0.505. The lowest BCUT2D eigenvalue weighted by molar-refractivity contribution is -0.123. The average molecular weight is 204 g/mol. The van der Waals surface area contributed by atoms with Crippen molar-refractivity contribution in [3.63, 3.8) is 0 Å². The van der Waals surface area contributed by atoms with Crippen LogP contribution in [0.5, 0.6) is 0 Å². The fourth-order valence-electron chi connectivity index (χ4n) is 1.74. The molecule has 3 heteroatoms. The first-order valence-electron chi connectivity index (χ1n) is 5.26. The first kappa shape index (κ1) is 10.2. The van der Waals surface area contributed by atoms with Crippen molar-refractivity contribution in [2.24, 2.45) is 5.73 Å². The lowest BCUT2D eigenvalue weighted by atomic mass is 10.0. The van der Waals surface area contributed by atoms with Gasteiger partial charge >= 0.3 is 0 Å². The molecule has 0 aromatic heterocycles. The predicted molar refractivity (Wildman–Crippen MR) is 60.9 cm³/mol. The lowest BCUT2D eigenvalue weighted by Gasteiger charge is -2.36. The van der Waals surface area contributed by atoms with Crippen molar-refractivity contribution in [2.45, 2.75) is 25.8 Å². The molecule has 1 heterocycles. The number of hydrogen-bond acceptors (Lipinski definition) is 2. The van der Waals surface area contributed by atoms with Gasteiger partial charge in [0.1, 0.15) is 6.04 Å². The maximum absolute atomic E-state index is 11.4. The Labute approximate surface area is 89.9 Å². The van der Waals surface area contributed by atoms with Crippen molar-refractivity contribution >= 4 is 11.6 Å². The van der Waals surface area contributed by atoms with Crippen LogP contribution in [0.3, 0.4) is 0 Å². The summed E-state index contributed by atoms with van der Waals surface area (Å²) in [4.78, 5) is 13.2. The number of anilines is 1. The third kappa shape index (κ3) is 1.75. The minimum absolute atomic E-state index is 0.0240. The standard InChI is InChI=1S/C12H16N2O/c1-8(2)9-4-3-5-10(6-9)14-7-11(13)12(14)15/h3-6,8,11H,7,13H2,1-2H3. The summed E-state index contributed by atoms with van der Waals surface area (Å²) >= 11 is 0. The molecule has 1 aliphatic rings. The summed E-state index contributed by atoms with van der Waals surface area (Å²) in [5.41, 5.74) is 7.77. The number of rotatable bonds is 2. The molecule has 0 saturated carbocycles. The predicted octanol–water partition coefficient (Wildman–Crippen LogP) is 1.48. The Balaban J connectivity index is 2.23. The average Bonchev–Trinajstić information content (AvgIpc) is 2.25. The van der Waals surface area contributed by atoms with Gasteiger partial charge < -0.3 is 10.6 Å². The fraction of sp³-hybridized carbons (Fsp3) is 0.417. The number of β-lactam (4-membered cyclic amide) rings is 1. The summed E-state index contributed by atoms with van der Waals surface area (Å²) in [6.45, 7) is 4.92. The van der Waals surface area contributed by atoms with Crippen molar-refractivity contribution < 1.29 is 4.79 Å². The highest BCUT2D eigenvalue weighted by Crippen LogP contribution is 2.25. The molecule has 1 fully saturated rings. The minimum Gasteiger partial charge on any atom is -0.318 e. The summed E-state index contributed by atoms with van der Waals surface area (Å²) in [6, 6.07) is 7.79. The summed E-state index contributed by atoms with van der Waals surface area (Å²) in [6.07, 6.45) is 0. The van der Waals surface area contributed by atoms with E-state index in [1.807, 2.05) is 12.1 Å². The molecule has 2 N–H and O–H groups in total. The van der Waals surface area contributed by atoms with Crippen LogP contribution in [0.1, 0.15) is 25.3 Å². The van der Waals surface area contributed by atoms with E-state index in [1.165, 1.54) is 5.56 Å². The Morgan fingerprint density at radius 1 is 1.47 bits per heavy atom. The molecule has 3 nitrogen and oxygen atoms in total. The first-order valence-corrected chi connectivity index (χ1v) is 5.26. The lowest BCUT2D eigenvalue weighted by Crippen LogP contribution is -2.61. The number of nitrogens with two attached hydrogens (primary N) is 1. The molecule has 1 saturated heterocycles. The van der Waals surface area contributed by atoms with Crippen LogP contribution >= 0.6 is 0 Å². The molecular formula is C12H16N2O. The van der Waals surface area contributed by atoms with Crippen LogP contribution in [0.4, 0.5) is 5.69 Å². The largest absolute Gasteiger partial charge is 0.318 e. The van der Waals surface area contributed by atoms with Gasteiger partial charge in [0.05, 0.1) is 6.54 Å². The quantitative estimate of drug-likeness (QED) is 0.742. The maximum Gasteiger partial charge on any atom is 0.245 e. The highest BCUT2D eigenvalue weighted by Gasteiger charge is 2.34. The van der Waals surface area contributed by atoms with E-state index in [9.17, 15) is 4.79 Å². The van der Waals surface area contributed by atoms with Crippen molar-refractivity contribution in [1.29, 1.82) is 0 Å². The molecule has 0 radical (unpaired) electrons. The zero-order valence-electron chi connectivity index (χ0n) is 9.10. The SMILES string of the molecule is CC(C)c1cccc(N2CC(N)C2=O)c1. The molecule has 1 atom stereocenters. The van der Waals surface area contributed by atoms with Crippen LogP contribution in [-0.2, 0) is 4.79 Å². The highest BCUT2D eigenvalue weighted by atomic mass is 16.2. The van der Waals surface area contributed by atoms with Crippen molar-refractivity contribution in [3.8, 4) is 0 Å². The monoisotopic (exact) mass is 204 g/mol. The van der Waals surface area contributed by atoms with Crippen LogP contribution in [0.2, 0.25) is 0 Å². The Morgan fingerprint density at radius 2 is 2.20 bits per heavy atom. The highest BCUT2D eigenvalue weighted by molar-refractivity contribution is 6.03. The molecule has 0 aliphatic carbocycles. The van der Waals surface area contributed by atoms with E-state index in [4.69, 9.17) is 5.73 Å². The Kier molecular flexibility index (Phi) is 2.49. The van der Waals surface area contributed by atoms with Gasteiger partial charge in [-0.3, -0.25) is 4.79 Å². The number of carbonyl (C=O) groups excluding carboxylic acids is 1. The second-order valence-corrected chi connectivity index (χ2v) is 4.31. The van der Waals surface area contributed by atoms with Gasteiger partial charge in [0.2, 0.25) is 5.91 Å². The minimum atomic E-state index is -0.298. The van der Waals surface area contributed by atoms with Gasteiger partial charge in [-0.2, -0.15) is 0 Å². The molecule has 1 aromatic carbocycles. The number of amides is 1. The molecular weight excluding hydrogens is 188 g/mol. The van der Waals surface area contributed by atoms with E-state index in [-0.39, 0.29) is 11.9 Å². The smallest absolute Gasteiger partial charge is 0.245 e. The van der Waals surface area contributed by atoms with E-state index in [1.54, 1.807) is 4.90 Å². The second-order valence-electron chi connectivity index (χ2n) is 4.31. The fourth-order valence-corrected chi connectivity index (χ4v) is 1.74. The second kappa shape index (κ2) is 3.66. The van der Waals surface area contributed by atoms with Crippen molar-refractivity contribution in [2.75, 3.05) is 11.4 Å². The first-order chi connectivity index (χ1) is 7.09. The molecule has 1 aromatic rings. The van der Waals surface area contributed by atoms with E-state index in [0.717, 1.165) is 5.69 Å². The summed E-state index contributed by atoms with van der Waals surface area (Å²) in [5, 5.41) is 0. The van der Waals surface area contributed by atoms with Crippen LogP contribution < -0.4 is 10.6 Å². The molecule has 0 spiro atoms. The topological polar surface area (TPSA) is 46.3 Å². The molecule has 1 amide bonds. The van der Waals surface area contributed by atoms with Gasteiger partial charge in [0, 0.05) is 5.69 Å². The normalized spacial score (nSPS) is 20.7. The number of nitrogens with zero attached hydrogens (tertiary/aromatic N) is 1. The van der Waals surface area contributed by atoms with Gasteiger partial charge in [-0.25, -0.2) is 0 Å². The number of hydrogen-bond donors (Lipinski definition) is 1. The van der Waals surface area contributed by atoms with E-state index >= 15 is 0 Å². The van der Waals surface area contributed by atoms with Gasteiger partial charge in [-0.1, -0.05) is 26.0 Å². The van der Waals surface area contributed by atoms with Gasteiger partial charge in [0.25, 0.3) is 0 Å². The maximum atomic E-state index is 11.4. The van der Waals surface area contributed by atoms with E-state index < -0.39 is 0 Å². The van der Waals surface area contributed by atoms with Crippen LogP contribution in [0.15, 0.2) is 24.3 Å². The third-order valence-electron chi connectivity index (χ3n) is 2.81. The zero-order chi connectivity index (χ0) is 11.0. The molecule has 1 unspecified atom stereocenters. The van der Waals surface area contributed by atoms with Crippen LogP contribution in [0.25, 0.3) is 0 Å². The summed E-state index contributed by atoms with van der Waals surface area (Å²) in [7, 11) is 0. The van der Waals surface area contributed by atoms with Gasteiger partial charge in [0.15, 0.2) is 0 Å². The van der Waals surface area contributed by atoms with Crippen LogP contribution in [0, 0.1) is 0 Å². The Hall–Kier alpha value is -1.35. The molecule has 1 aliphatic heterocycles. The van der Waals surface area contributed by atoms with E-state index in [0.29, 0.717) is 12.5 Å². The third-order valence-corrected chi connectivity index (χ3v) is 2.81. The zero-order valence-corrected chi connectivity index (χ0v) is 9.10. The van der Waals surface area contributed by atoms with E-state index in [2.05, 4.69) is 26.0 Å². The molecule has 0 bridgehead atoms. The number of benzene rings is 1. The van der Waals surface area contributed by atoms with Gasteiger partial charge in [-0.05, 0) is 23.6 Å². The molecule has 15 heavy (non-hydrogen) atoms. The Morgan fingerprint density at radius 3 is 2.73 bits per heavy atom. The number of carbonyl (C=O) groups is 1. The van der Waals surface area contributed by atoms with Crippen molar-refractivity contribution in [1.82, 2.24) is 0 Å². The Bertz CT molecular complexity index is 387.